The van der Waals surface area contributed by atoms with E-state index in [0.717, 1.165) is 0 Å². The first-order valence-electron chi connectivity index (χ1n) is 7.12. The van der Waals surface area contributed by atoms with Gasteiger partial charge in [-0.15, -0.1) is 0 Å². The van der Waals surface area contributed by atoms with Crippen molar-refractivity contribution >= 4 is 23.6 Å². The second-order valence-corrected chi connectivity index (χ2v) is 5.50. The Morgan fingerprint density at radius 3 is 2.70 bits per heavy atom. The van der Waals surface area contributed by atoms with Crippen molar-refractivity contribution in [1.82, 2.24) is 10.2 Å². The van der Waals surface area contributed by atoms with E-state index in [-0.39, 0.29) is 12.6 Å². The number of hydrogen-bond donors (Lipinski definition) is 1. The lowest BCUT2D eigenvalue weighted by molar-refractivity contribution is -0.140. The molecule has 0 radical (unpaired) electrons. The Bertz CT molecular complexity index is 645. The molecule has 0 saturated heterocycles. The maximum absolute atomic E-state index is 12.5. The van der Waals surface area contributed by atoms with E-state index in [4.69, 9.17) is 21.1 Å². The van der Waals surface area contributed by atoms with Crippen molar-refractivity contribution in [3.63, 3.8) is 0 Å². The average molecular weight is 339 g/mol. The van der Waals surface area contributed by atoms with Gasteiger partial charge in [-0.3, -0.25) is 0 Å². The summed E-state index contributed by atoms with van der Waals surface area (Å²) in [5.41, 5.74) is 1.53. The fraction of sp³-hybridized carbons (Fsp3) is 0.375. The van der Waals surface area contributed by atoms with Gasteiger partial charge in [-0.2, -0.15) is 0 Å². The van der Waals surface area contributed by atoms with Crippen LogP contribution >= 0.6 is 11.6 Å². The van der Waals surface area contributed by atoms with E-state index in [1.807, 2.05) is 0 Å². The van der Waals surface area contributed by atoms with Gasteiger partial charge in [0.05, 0.1) is 18.2 Å². The van der Waals surface area contributed by atoms with Crippen LogP contribution in [-0.2, 0) is 14.3 Å². The minimum atomic E-state index is -0.651. The lowest BCUT2D eigenvalue weighted by Gasteiger charge is -2.33. The number of carbonyl (C=O) groups is 2. The molecular weight excluding hydrogens is 320 g/mol. The molecule has 1 aliphatic rings. The van der Waals surface area contributed by atoms with Crippen LogP contribution in [0, 0.1) is 0 Å². The molecule has 1 aromatic rings. The molecule has 0 spiro atoms. The minimum absolute atomic E-state index is 0.138. The second-order valence-electron chi connectivity index (χ2n) is 5.09. The summed E-state index contributed by atoms with van der Waals surface area (Å²) in [5.74, 6) is -0.503. The Morgan fingerprint density at radius 2 is 2.04 bits per heavy atom. The molecule has 1 aromatic carbocycles. The molecule has 23 heavy (non-hydrogen) atoms. The van der Waals surface area contributed by atoms with Gasteiger partial charge in [-0.25, -0.2) is 9.59 Å². The SMILES string of the molecule is COCCOC(=O)C1=C(C)N(C)C(=O)NC1c1ccccc1Cl. The number of hydrogen-bond acceptors (Lipinski definition) is 4. The number of amides is 2. The standard InChI is InChI=1S/C16H19ClN2O4/c1-10-13(15(20)23-9-8-22-3)14(18-16(21)19(10)2)11-6-4-5-7-12(11)17/h4-7,14H,8-9H2,1-3H3,(H,18,21). The highest BCUT2D eigenvalue weighted by Gasteiger charge is 2.35. The van der Waals surface area contributed by atoms with Crippen molar-refractivity contribution in [2.24, 2.45) is 0 Å². The number of halogens is 1. The van der Waals surface area contributed by atoms with Gasteiger partial charge < -0.3 is 19.7 Å². The summed E-state index contributed by atoms with van der Waals surface area (Å²) in [6, 6.07) is 6.12. The summed E-state index contributed by atoms with van der Waals surface area (Å²) < 4.78 is 10.1. The summed E-state index contributed by atoms with van der Waals surface area (Å²) in [7, 11) is 3.12. The molecule has 7 heteroatoms. The number of carbonyl (C=O) groups excluding carboxylic acids is 2. The molecule has 1 unspecified atom stereocenters. The molecule has 1 aliphatic heterocycles. The van der Waals surface area contributed by atoms with Crippen molar-refractivity contribution in [3.8, 4) is 0 Å². The predicted molar refractivity (Wildman–Crippen MR) is 86.0 cm³/mol. The lowest BCUT2D eigenvalue weighted by atomic mass is 9.95. The molecule has 0 bridgehead atoms. The van der Waals surface area contributed by atoms with Crippen LogP contribution in [-0.4, -0.2) is 44.3 Å². The third kappa shape index (κ3) is 3.65. The number of methoxy groups -OCH3 is 1. The van der Waals surface area contributed by atoms with E-state index in [9.17, 15) is 9.59 Å². The number of urea groups is 1. The van der Waals surface area contributed by atoms with Crippen LogP contribution in [0.15, 0.2) is 35.5 Å². The summed E-state index contributed by atoms with van der Waals surface area (Å²) in [4.78, 5) is 25.9. The van der Waals surface area contributed by atoms with Gasteiger partial charge >= 0.3 is 12.0 Å². The van der Waals surface area contributed by atoms with E-state index in [2.05, 4.69) is 5.32 Å². The van der Waals surface area contributed by atoms with E-state index < -0.39 is 12.0 Å². The first-order chi connectivity index (χ1) is 11.0. The van der Waals surface area contributed by atoms with Crippen LogP contribution in [0.1, 0.15) is 18.5 Å². The van der Waals surface area contributed by atoms with Gasteiger partial charge in [0.2, 0.25) is 0 Å². The van der Waals surface area contributed by atoms with Crippen LogP contribution in [0.4, 0.5) is 4.79 Å². The van der Waals surface area contributed by atoms with Gasteiger partial charge in [-0.1, -0.05) is 29.8 Å². The van der Waals surface area contributed by atoms with Gasteiger partial charge in [0.15, 0.2) is 0 Å². The van der Waals surface area contributed by atoms with Crippen LogP contribution in [0.3, 0.4) is 0 Å². The number of nitrogens with zero attached hydrogens (tertiary/aromatic N) is 1. The molecular formula is C16H19ClN2O4. The van der Waals surface area contributed by atoms with E-state index >= 15 is 0 Å². The van der Waals surface area contributed by atoms with E-state index in [0.29, 0.717) is 28.5 Å². The highest BCUT2D eigenvalue weighted by Crippen LogP contribution is 2.34. The zero-order chi connectivity index (χ0) is 17.0. The minimum Gasteiger partial charge on any atom is -0.460 e. The molecule has 1 heterocycles. The van der Waals surface area contributed by atoms with Crippen molar-refractivity contribution < 1.29 is 19.1 Å². The molecule has 0 aliphatic carbocycles. The van der Waals surface area contributed by atoms with Crippen LogP contribution < -0.4 is 5.32 Å². The molecule has 6 nitrogen and oxygen atoms in total. The monoisotopic (exact) mass is 338 g/mol. The third-order valence-electron chi connectivity index (χ3n) is 3.71. The first-order valence-corrected chi connectivity index (χ1v) is 7.50. The molecule has 0 saturated carbocycles. The van der Waals surface area contributed by atoms with Gasteiger partial charge in [-0.05, 0) is 18.6 Å². The number of ether oxygens (including phenoxy) is 2. The number of rotatable bonds is 5. The van der Waals surface area contributed by atoms with Crippen molar-refractivity contribution in [2.75, 3.05) is 27.4 Å². The summed E-state index contributed by atoms with van der Waals surface area (Å²) >= 11 is 6.23. The largest absolute Gasteiger partial charge is 0.460 e. The number of benzene rings is 1. The van der Waals surface area contributed by atoms with E-state index in [1.165, 1.54) is 12.0 Å². The normalized spacial score (nSPS) is 18.0. The Labute approximate surface area is 140 Å². The molecule has 1 atom stereocenters. The van der Waals surface area contributed by atoms with Gasteiger partial charge in [0.1, 0.15) is 6.61 Å². The number of nitrogens with one attached hydrogen (secondary N) is 1. The fourth-order valence-electron chi connectivity index (χ4n) is 2.34. The molecule has 124 valence electrons. The lowest BCUT2D eigenvalue weighted by Crippen LogP contribution is -2.46. The quantitative estimate of drug-likeness (QED) is 0.661. The Morgan fingerprint density at radius 1 is 1.35 bits per heavy atom. The average Bonchev–Trinajstić information content (AvgIpc) is 2.53. The van der Waals surface area contributed by atoms with Gasteiger partial charge in [0, 0.05) is 24.9 Å². The zero-order valence-electron chi connectivity index (χ0n) is 13.3. The Kier molecular flexibility index (Phi) is 5.63. The molecule has 0 aromatic heterocycles. The maximum Gasteiger partial charge on any atom is 0.338 e. The van der Waals surface area contributed by atoms with Crippen LogP contribution in [0.5, 0.6) is 0 Å². The van der Waals surface area contributed by atoms with Crippen LogP contribution in [0.25, 0.3) is 0 Å². The summed E-state index contributed by atoms with van der Waals surface area (Å²) in [6.45, 7) is 2.14. The smallest absolute Gasteiger partial charge is 0.338 e. The molecule has 1 N–H and O–H groups in total. The first kappa shape index (κ1) is 17.3. The second kappa shape index (κ2) is 7.48. The van der Waals surface area contributed by atoms with Crippen molar-refractivity contribution in [1.29, 1.82) is 0 Å². The Balaban J connectivity index is 2.40. The number of esters is 1. The molecule has 0 fully saturated rings. The fourth-order valence-corrected chi connectivity index (χ4v) is 2.58. The third-order valence-corrected chi connectivity index (χ3v) is 4.05. The number of allylic oxidation sites excluding steroid dienone is 1. The van der Waals surface area contributed by atoms with Crippen molar-refractivity contribution in [2.45, 2.75) is 13.0 Å². The highest BCUT2D eigenvalue weighted by molar-refractivity contribution is 6.31. The topological polar surface area (TPSA) is 67.9 Å². The molecule has 2 amide bonds. The van der Waals surface area contributed by atoms with Gasteiger partial charge in [0.25, 0.3) is 0 Å². The molecule has 2 rings (SSSR count). The Hall–Kier alpha value is -2.05. The van der Waals surface area contributed by atoms with Crippen molar-refractivity contribution in [3.05, 3.63) is 46.1 Å². The maximum atomic E-state index is 12.5. The zero-order valence-corrected chi connectivity index (χ0v) is 14.0. The predicted octanol–water partition coefficient (Wildman–Crippen LogP) is 2.50. The van der Waals surface area contributed by atoms with Crippen LogP contribution in [0.2, 0.25) is 5.02 Å². The highest BCUT2D eigenvalue weighted by atomic mass is 35.5. The summed E-state index contributed by atoms with van der Waals surface area (Å²) in [6.07, 6.45) is 0. The van der Waals surface area contributed by atoms with E-state index in [1.54, 1.807) is 38.2 Å². The summed E-state index contributed by atoms with van der Waals surface area (Å²) in [5, 5.41) is 3.26.